The van der Waals surface area contributed by atoms with Crippen molar-refractivity contribution in [2.45, 2.75) is 18.9 Å². The average Bonchev–Trinajstić information content (AvgIpc) is 3.04. The van der Waals surface area contributed by atoms with Crippen LogP contribution in [0.3, 0.4) is 0 Å². The molecule has 1 aliphatic rings. The Hall–Kier alpha value is -1.17. The Morgan fingerprint density at radius 2 is 1.86 bits per heavy atom. The van der Waals surface area contributed by atoms with Gasteiger partial charge in [-0.25, -0.2) is 0 Å². The van der Waals surface area contributed by atoms with Gasteiger partial charge in [-0.2, -0.15) is 11.3 Å². The fourth-order valence-corrected chi connectivity index (χ4v) is 4.04. The van der Waals surface area contributed by atoms with Crippen molar-refractivity contribution in [3.8, 4) is 0 Å². The number of carboxylic acid groups (broad SMARTS) is 1. The Morgan fingerprint density at radius 3 is 2.41 bits per heavy atom. The predicted octanol–water partition coefficient (Wildman–Crippen LogP) is 4.40. The topological polar surface area (TPSA) is 40.5 Å². The second-order valence-corrected chi connectivity index (χ2v) is 7.35. The molecule has 0 bridgehead atoms. The van der Waals surface area contributed by atoms with E-state index in [1.54, 1.807) is 11.3 Å². The Balaban J connectivity index is 1.84. The highest BCUT2D eigenvalue weighted by atomic mass is 79.9. The van der Waals surface area contributed by atoms with Crippen LogP contribution in [0.15, 0.2) is 45.6 Å². The summed E-state index contributed by atoms with van der Waals surface area (Å²) in [6.45, 7) is 1.65. The van der Waals surface area contributed by atoms with E-state index in [1.807, 2.05) is 0 Å². The van der Waals surface area contributed by atoms with E-state index < -0.39 is 5.97 Å². The SMILES string of the molecule is O=C(O)C1CCN(C(c2ccc(Br)cc2)c2ccsc2)CC1. The Kier molecular flexibility index (Phi) is 4.96. The minimum atomic E-state index is -0.657. The zero-order chi connectivity index (χ0) is 15.5. The number of halogens is 1. The van der Waals surface area contributed by atoms with Gasteiger partial charge in [0.25, 0.3) is 0 Å². The first-order chi connectivity index (χ1) is 10.6. The molecule has 1 aliphatic heterocycles. The van der Waals surface area contributed by atoms with E-state index in [9.17, 15) is 9.90 Å². The van der Waals surface area contributed by atoms with E-state index in [0.29, 0.717) is 0 Å². The number of hydrogen-bond donors (Lipinski definition) is 1. The first kappa shape index (κ1) is 15.7. The maximum atomic E-state index is 11.1. The first-order valence-corrected chi connectivity index (χ1v) is 9.13. The zero-order valence-electron chi connectivity index (χ0n) is 12.1. The van der Waals surface area contributed by atoms with Gasteiger partial charge in [0.05, 0.1) is 12.0 Å². The van der Waals surface area contributed by atoms with Gasteiger partial charge < -0.3 is 5.11 Å². The summed E-state index contributed by atoms with van der Waals surface area (Å²) in [4.78, 5) is 13.6. The maximum absolute atomic E-state index is 11.1. The van der Waals surface area contributed by atoms with Crippen LogP contribution < -0.4 is 0 Å². The average molecular weight is 380 g/mol. The molecule has 1 aromatic heterocycles. The molecule has 0 aliphatic carbocycles. The molecule has 116 valence electrons. The van der Waals surface area contributed by atoms with Gasteiger partial charge in [-0.3, -0.25) is 9.69 Å². The minimum Gasteiger partial charge on any atom is -0.481 e. The van der Waals surface area contributed by atoms with Crippen molar-refractivity contribution >= 4 is 33.2 Å². The van der Waals surface area contributed by atoms with Crippen LogP contribution in [0.4, 0.5) is 0 Å². The molecule has 1 unspecified atom stereocenters. The van der Waals surface area contributed by atoms with Crippen molar-refractivity contribution in [1.29, 1.82) is 0 Å². The van der Waals surface area contributed by atoms with Crippen molar-refractivity contribution in [3.63, 3.8) is 0 Å². The highest BCUT2D eigenvalue weighted by Crippen LogP contribution is 2.34. The number of hydrogen-bond acceptors (Lipinski definition) is 3. The molecule has 22 heavy (non-hydrogen) atoms. The lowest BCUT2D eigenvalue weighted by Crippen LogP contribution is -2.39. The van der Waals surface area contributed by atoms with Crippen LogP contribution in [0.2, 0.25) is 0 Å². The predicted molar refractivity (Wildman–Crippen MR) is 92.2 cm³/mol. The lowest BCUT2D eigenvalue weighted by Gasteiger charge is -2.36. The largest absolute Gasteiger partial charge is 0.481 e. The Morgan fingerprint density at radius 1 is 1.18 bits per heavy atom. The van der Waals surface area contributed by atoms with Crippen LogP contribution in [0.5, 0.6) is 0 Å². The van der Waals surface area contributed by atoms with Crippen molar-refractivity contribution in [2.75, 3.05) is 13.1 Å². The normalized spacial score (nSPS) is 18.2. The molecule has 1 fully saturated rings. The van der Waals surface area contributed by atoms with Crippen molar-refractivity contribution < 1.29 is 9.90 Å². The molecule has 0 spiro atoms. The van der Waals surface area contributed by atoms with Crippen LogP contribution in [-0.2, 0) is 4.79 Å². The second kappa shape index (κ2) is 6.94. The van der Waals surface area contributed by atoms with Gasteiger partial charge in [-0.15, -0.1) is 0 Å². The molecule has 5 heteroatoms. The highest BCUT2D eigenvalue weighted by molar-refractivity contribution is 9.10. The second-order valence-electron chi connectivity index (χ2n) is 5.66. The molecular weight excluding hydrogens is 362 g/mol. The van der Waals surface area contributed by atoms with Crippen LogP contribution in [-0.4, -0.2) is 29.1 Å². The standard InChI is InChI=1S/C17H18BrNO2S/c18-15-3-1-12(2-4-15)16(14-7-10-22-11-14)19-8-5-13(6-9-19)17(20)21/h1-4,7,10-11,13,16H,5-6,8-9H2,(H,20,21). The molecule has 1 N–H and O–H groups in total. The van der Waals surface area contributed by atoms with Gasteiger partial charge in [0, 0.05) is 4.47 Å². The monoisotopic (exact) mass is 379 g/mol. The fraction of sp³-hybridized carbons (Fsp3) is 0.353. The van der Waals surface area contributed by atoms with E-state index in [1.165, 1.54) is 11.1 Å². The molecule has 2 heterocycles. The smallest absolute Gasteiger partial charge is 0.306 e. The zero-order valence-corrected chi connectivity index (χ0v) is 14.5. The van der Waals surface area contributed by atoms with Gasteiger partial charge in [0.1, 0.15) is 0 Å². The number of piperidine rings is 1. The number of thiophene rings is 1. The quantitative estimate of drug-likeness (QED) is 0.855. The summed E-state index contributed by atoms with van der Waals surface area (Å²) in [6.07, 6.45) is 1.46. The molecule has 1 atom stereocenters. The van der Waals surface area contributed by atoms with Gasteiger partial charge in [-0.1, -0.05) is 28.1 Å². The third-order valence-corrected chi connectivity index (χ3v) is 5.52. The number of rotatable bonds is 4. The van der Waals surface area contributed by atoms with E-state index in [4.69, 9.17) is 0 Å². The maximum Gasteiger partial charge on any atom is 0.306 e. The summed E-state index contributed by atoms with van der Waals surface area (Å²) in [6, 6.07) is 10.8. The van der Waals surface area contributed by atoms with Gasteiger partial charge in [0.15, 0.2) is 0 Å². The lowest BCUT2D eigenvalue weighted by atomic mass is 9.92. The van der Waals surface area contributed by atoms with Crippen LogP contribution in [0.1, 0.15) is 30.0 Å². The van der Waals surface area contributed by atoms with E-state index in [2.05, 4.69) is 61.9 Å². The molecule has 0 amide bonds. The van der Waals surface area contributed by atoms with Crippen LogP contribution >= 0.6 is 27.3 Å². The molecule has 0 saturated carbocycles. The summed E-state index contributed by atoms with van der Waals surface area (Å²) >= 11 is 5.19. The summed E-state index contributed by atoms with van der Waals surface area (Å²) in [7, 11) is 0. The van der Waals surface area contributed by atoms with Crippen molar-refractivity contribution in [3.05, 3.63) is 56.7 Å². The van der Waals surface area contributed by atoms with Gasteiger partial charge in [0.2, 0.25) is 0 Å². The third kappa shape index (κ3) is 3.42. The van der Waals surface area contributed by atoms with E-state index in [-0.39, 0.29) is 12.0 Å². The summed E-state index contributed by atoms with van der Waals surface area (Å²) in [5.74, 6) is -0.848. The number of likely N-dealkylation sites (tertiary alicyclic amines) is 1. The van der Waals surface area contributed by atoms with Crippen LogP contribution in [0.25, 0.3) is 0 Å². The number of nitrogens with zero attached hydrogens (tertiary/aromatic N) is 1. The van der Waals surface area contributed by atoms with Crippen molar-refractivity contribution in [1.82, 2.24) is 4.90 Å². The molecule has 1 saturated heterocycles. The highest BCUT2D eigenvalue weighted by Gasteiger charge is 2.30. The van der Waals surface area contributed by atoms with E-state index in [0.717, 1.165) is 30.4 Å². The Bertz CT molecular complexity index is 619. The first-order valence-electron chi connectivity index (χ1n) is 7.39. The minimum absolute atomic E-state index is 0.190. The fourth-order valence-electron chi connectivity index (χ4n) is 3.09. The summed E-state index contributed by atoms with van der Waals surface area (Å²) < 4.78 is 1.07. The summed E-state index contributed by atoms with van der Waals surface area (Å²) in [5.41, 5.74) is 2.55. The van der Waals surface area contributed by atoms with Gasteiger partial charge >= 0.3 is 5.97 Å². The molecule has 2 aromatic rings. The number of carboxylic acids is 1. The number of aliphatic carboxylic acids is 1. The molecule has 3 rings (SSSR count). The molecule has 0 radical (unpaired) electrons. The number of benzene rings is 1. The van der Waals surface area contributed by atoms with Crippen molar-refractivity contribution in [2.24, 2.45) is 5.92 Å². The van der Waals surface area contributed by atoms with E-state index >= 15 is 0 Å². The number of carbonyl (C=O) groups is 1. The molecule has 3 nitrogen and oxygen atoms in total. The van der Waals surface area contributed by atoms with Crippen LogP contribution in [0, 0.1) is 5.92 Å². The summed E-state index contributed by atoms with van der Waals surface area (Å²) in [5, 5.41) is 13.5. The Labute approximate surface area is 142 Å². The lowest BCUT2D eigenvalue weighted by molar-refractivity contribution is -0.143. The molecular formula is C17H18BrNO2S. The van der Waals surface area contributed by atoms with Gasteiger partial charge in [-0.05, 0) is 66.0 Å². The molecule has 1 aromatic carbocycles. The third-order valence-electron chi connectivity index (χ3n) is 4.29.